The van der Waals surface area contributed by atoms with Gasteiger partial charge in [-0.1, -0.05) is 23.4 Å². The molecular formula is C20H25N3O8. The topological polar surface area (TPSA) is 163 Å². The summed E-state index contributed by atoms with van der Waals surface area (Å²) in [6, 6.07) is 9.70. The molecule has 0 spiro atoms. The Hall–Kier alpha value is -3.28. The molecule has 1 saturated heterocycles. The number of nitrogens with zero attached hydrogens (tertiary/aromatic N) is 2. The molecule has 2 aromatic rings. The van der Waals surface area contributed by atoms with Crippen LogP contribution in [0.15, 0.2) is 57.3 Å². The zero-order chi connectivity index (χ0) is 23.1. The van der Waals surface area contributed by atoms with Crippen molar-refractivity contribution in [3.8, 4) is 0 Å². The van der Waals surface area contributed by atoms with Crippen molar-refractivity contribution in [3.05, 3.63) is 69.0 Å². The van der Waals surface area contributed by atoms with Crippen molar-refractivity contribution in [1.82, 2.24) is 9.55 Å². The third-order valence-electron chi connectivity index (χ3n) is 4.10. The number of H-pyrrole nitrogens is 1. The molecule has 0 radical (unpaired) electrons. The third-order valence-corrected chi connectivity index (χ3v) is 4.10. The quantitative estimate of drug-likeness (QED) is 0.172. The fourth-order valence-corrected chi connectivity index (χ4v) is 2.86. The Morgan fingerprint density at radius 1 is 1.32 bits per heavy atom. The minimum Gasteiger partial charge on any atom is -0.459 e. The second-order valence-electron chi connectivity index (χ2n) is 7.31. The first-order valence-corrected chi connectivity index (χ1v) is 9.40. The highest BCUT2D eigenvalue weighted by Crippen LogP contribution is 2.32. The van der Waals surface area contributed by atoms with E-state index in [1.54, 1.807) is 30.3 Å². The highest BCUT2D eigenvalue weighted by Gasteiger charge is 2.42. The number of esters is 1. The largest absolute Gasteiger partial charge is 0.459 e. The number of ether oxygens (including phenoxy) is 2. The van der Waals surface area contributed by atoms with Crippen LogP contribution >= 0.6 is 0 Å². The van der Waals surface area contributed by atoms with Gasteiger partial charge >= 0.3 is 11.7 Å². The minimum absolute atomic E-state index is 0.0210. The van der Waals surface area contributed by atoms with E-state index in [2.05, 4.69) is 10.1 Å². The lowest BCUT2D eigenvalue weighted by molar-refractivity contribution is -0.127. The number of hydrogen-bond donors (Lipinski definition) is 4. The molecule has 11 nitrogen and oxygen atoms in total. The predicted molar refractivity (Wildman–Crippen MR) is 109 cm³/mol. The molecule has 1 unspecified atom stereocenters. The van der Waals surface area contributed by atoms with Crippen molar-refractivity contribution >= 4 is 12.2 Å². The molecule has 1 aromatic carbocycles. The van der Waals surface area contributed by atoms with Crippen LogP contribution in [0.1, 0.15) is 37.0 Å². The first-order valence-electron chi connectivity index (χ1n) is 9.40. The molecule has 31 heavy (non-hydrogen) atoms. The zero-order valence-electron chi connectivity index (χ0n) is 17.1. The van der Waals surface area contributed by atoms with E-state index in [0.29, 0.717) is 18.4 Å². The maximum absolute atomic E-state index is 12.1. The highest BCUT2D eigenvalue weighted by molar-refractivity contribution is 5.89. The van der Waals surface area contributed by atoms with Gasteiger partial charge in [0.25, 0.3) is 5.56 Å². The minimum atomic E-state index is -1.50. The van der Waals surface area contributed by atoms with Crippen LogP contribution in [0.25, 0.3) is 0 Å². The summed E-state index contributed by atoms with van der Waals surface area (Å²) in [5, 5.41) is 28.1. The van der Waals surface area contributed by atoms with Crippen molar-refractivity contribution in [1.29, 1.82) is 0 Å². The molecular weight excluding hydrogens is 410 g/mol. The molecule has 168 valence electrons. The first kappa shape index (κ1) is 24.0. The molecule has 1 fully saturated rings. The van der Waals surface area contributed by atoms with Gasteiger partial charge in [-0.05, 0) is 32.4 Å². The smallest absolute Gasteiger partial charge is 0.338 e. The van der Waals surface area contributed by atoms with Crippen LogP contribution in [0.4, 0.5) is 0 Å². The molecule has 0 saturated carbocycles. The van der Waals surface area contributed by atoms with E-state index in [4.69, 9.17) is 24.9 Å². The molecule has 3 rings (SSSR count). The highest BCUT2D eigenvalue weighted by atomic mass is 16.6. The maximum atomic E-state index is 12.1. The molecule has 1 aliphatic heterocycles. The summed E-state index contributed by atoms with van der Waals surface area (Å²) in [6.07, 6.45) is 2.60. The Balaban J connectivity index is 0.000000614. The van der Waals surface area contributed by atoms with E-state index in [-0.39, 0.29) is 6.61 Å². The molecule has 0 aliphatic carbocycles. The Kier molecular flexibility index (Phi) is 7.86. The lowest BCUT2D eigenvalue weighted by Gasteiger charge is -2.26. The number of hydrogen-bond acceptors (Lipinski definition) is 9. The van der Waals surface area contributed by atoms with Gasteiger partial charge in [-0.15, -0.1) is 0 Å². The Bertz CT molecular complexity index is 1000. The van der Waals surface area contributed by atoms with Crippen molar-refractivity contribution in [2.24, 2.45) is 5.16 Å². The number of rotatable bonds is 5. The van der Waals surface area contributed by atoms with Gasteiger partial charge in [0.2, 0.25) is 0 Å². The van der Waals surface area contributed by atoms with Crippen LogP contribution in [0, 0.1) is 0 Å². The number of nitrogens with one attached hydrogen (secondary N) is 1. The first-order chi connectivity index (χ1) is 14.5. The number of aliphatic hydroxyl groups is 2. The van der Waals surface area contributed by atoms with E-state index in [0.717, 1.165) is 10.8 Å². The van der Waals surface area contributed by atoms with Crippen molar-refractivity contribution in [3.63, 3.8) is 0 Å². The van der Waals surface area contributed by atoms with E-state index >= 15 is 0 Å². The molecule has 11 heteroatoms. The van der Waals surface area contributed by atoms with Gasteiger partial charge in [0.1, 0.15) is 6.61 Å². The van der Waals surface area contributed by atoms with Gasteiger partial charge in [0.05, 0.1) is 17.9 Å². The molecule has 1 aliphatic rings. The van der Waals surface area contributed by atoms with Gasteiger partial charge in [0, 0.05) is 18.7 Å². The Morgan fingerprint density at radius 3 is 2.55 bits per heavy atom. The van der Waals surface area contributed by atoms with Gasteiger partial charge in [0.15, 0.2) is 11.5 Å². The van der Waals surface area contributed by atoms with Crippen LogP contribution in [0.3, 0.4) is 0 Å². The standard InChI is InChI=1S/C17H17N3O6.C3H8O2/c21-14-7-9-20(16(23)19-14)17(11-18-24)8-6-13(26-17)10-25-15(22)12-4-2-1-3-5-12;1-3(2,4)5/h1-5,7,9,11,13,24H,6,8,10H2,(H,19,21,23);4-5H,1-2H3/t13?,17-;/m0./s1. The monoisotopic (exact) mass is 435 g/mol. The normalized spacial score (nSPS) is 20.8. The lowest BCUT2D eigenvalue weighted by Crippen LogP contribution is -2.45. The van der Waals surface area contributed by atoms with Gasteiger partial charge in [-0.2, -0.15) is 0 Å². The molecule has 2 heterocycles. The fraction of sp³-hybridized carbons (Fsp3) is 0.400. The summed E-state index contributed by atoms with van der Waals surface area (Å²) >= 11 is 0. The summed E-state index contributed by atoms with van der Waals surface area (Å²) in [5.74, 6) is -1.98. The maximum Gasteiger partial charge on any atom is 0.338 e. The zero-order valence-corrected chi connectivity index (χ0v) is 17.1. The van der Waals surface area contributed by atoms with Crippen LogP contribution in [-0.4, -0.2) is 55.7 Å². The van der Waals surface area contributed by atoms with Crippen molar-refractivity contribution in [2.75, 3.05) is 6.61 Å². The fourth-order valence-electron chi connectivity index (χ4n) is 2.86. The Labute approximate surface area is 177 Å². The summed E-state index contributed by atoms with van der Waals surface area (Å²) in [6.45, 7) is 2.58. The number of aromatic nitrogens is 2. The number of oxime groups is 1. The van der Waals surface area contributed by atoms with Gasteiger partial charge in [-0.25, -0.2) is 9.59 Å². The number of carbonyl (C=O) groups is 1. The Morgan fingerprint density at radius 2 is 1.97 bits per heavy atom. The summed E-state index contributed by atoms with van der Waals surface area (Å²) in [5.41, 5.74) is -2.18. The molecule has 1 aromatic heterocycles. The molecule has 0 bridgehead atoms. The van der Waals surface area contributed by atoms with Crippen LogP contribution in [0.5, 0.6) is 0 Å². The molecule has 4 N–H and O–H groups in total. The lowest BCUT2D eigenvalue weighted by atomic mass is 10.1. The average molecular weight is 435 g/mol. The number of benzene rings is 1. The molecule has 2 atom stereocenters. The summed E-state index contributed by atoms with van der Waals surface area (Å²) < 4.78 is 12.2. The van der Waals surface area contributed by atoms with Crippen LogP contribution < -0.4 is 11.2 Å². The average Bonchev–Trinajstić information content (AvgIpc) is 3.09. The second kappa shape index (κ2) is 10.2. The van der Waals surface area contributed by atoms with Crippen LogP contribution in [0.2, 0.25) is 0 Å². The van der Waals surface area contributed by atoms with E-state index in [1.165, 1.54) is 26.1 Å². The third kappa shape index (κ3) is 7.17. The van der Waals surface area contributed by atoms with Crippen molar-refractivity contribution in [2.45, 2.75) is 44.3 Å². The van der Waals surface area contributed by atoms with Crippen molar-refractivity contribution < 1.29 is 29.7 Å². The van der Waals surface area contributed by atoms with E-state index in [1.807, 2.05) is 0 Å². The second-order valence-corrected chi connectivity index (χ2v) is 7.31. The molecule has 0 amide bonds. The number of aromatic amines is 1. The van der Waals surface area contributed by atoms with E-state index < -0.39 is 34.8 Å². The summed E-state index contributed by atoms with van der Waals surface area (Å²) in [7, 11) is 0. The van der Waals surface area contributed by atoms with Crippen LogP contribution in [-0.2, 0) is 15.2 Å². The predicted octanol–water partition coefficient (Wildman–Crippen LogP) is 0.393. The van der Waals surface area contributed by atoms with Gasteiger partial charge < -0.3 is 24.9 Å². The number of carbonyl (C=O) groups excluding carboxylic acids is 1. The SMILES string of the molecule is CC(C)(O)O.O=C(OCC1CC[C@](C=NO)(n2ccc(=O)[nH]c2=O)O1)c1ccccc1. The summed E-state index contributed by atoms with van der Waals surface area (Å²) in [4.78, 5) is 37.4. The van der Waals surface area contributed by atoms with Gasteiger partial charge in [-0.3, -0.25) is 14.3 Å². The van der Waals surface area contributed by atoms with E-state index in [9.17, 15) is 14.4 Å².